The molecule has 0 amide bonds. The van der Waals surface area contributed by atoms with Crippen molar-refractivity contribution in [3.8, 4) is 0 Å². The van der Waals surface area contributed by atoms with Crippen LogP contribution in [0, 0.1) is 6.92 Å². The zero-order valence-electron chi connectivity index (χ0n) is 12.5. The molecule has 0 spiro atoms. The van der Waals surface area contributed by atoms with Gasteiger partial charge in [0.2, 0.25) is 0 Å². The van der Waals surface area contributed by atoms with Crippen LogP contribution >= 0.6 is 11.3 Å². The van der Waals surface area contributed by atoms with Crippen LogP contribution in [0.25, 0.3) is 0 Å². The first-order valence-electron chi connectivity index (χ1n) is 6.71. The van der Waals surface area contributed by atoms with Crippen LogP contribution in [0.1, 0.15) is 30.0 Å². The van der Waals surface area contributed by atoms with Crippen LogP contribution in [0.2, 0.25) is 0 Å². The topological polar surface area (TPSA) is 40.5 Å². The van der Waals surface area contributed by atoms with Gasteiger partial charge < -0.3 is 10.2 Å². The maximum atomic E-state index is 12.0. The zero-order chi connectivity index (χ0) is 15.9. The highest BCUT2D eigenvalue weighted by molar-refractivity contribution is 7.09. The van der Waals surface area contributed by atoms with Gasteiger partial charge in [-0.15, -0.1) is 11.3 Å². The van der Waals surface area contributed by atoms with Crippen LogP contribution in [0.4, 0.5) is 13.2 Å². The molecule has 0 fully saturated rings. The highest BCUT2D eigenvalue weighted by Crippen LogP contribution is 2.21. The molecule has 1 heterocycles. The van der Waals surface area contributed by atoms with E-state index in [0.29, 0.717) is 25.5 Å². The lowest BCUT2D eigenvalue weighted by molar-refractivity contribution is -0.135. The summed E-state index contributed by atoms with van der Waals surface area (Å²) in [4.78, 5) is 10.4. The van der Waals surface area contributed by atoms with E-state index in [-0.39, 0.29) is 6.42 Å². The van der Waals surface area contributed by atoms with E-state index < -0.39 is 12.6 Å². The van der Waals surface area contributed by atoms with Crippen LogP contribution < -0.4 is 5.32 Å². The van der Waals surface area contributed by atoms with Crippen LogP contribution in [0.5, 0.6) is 0 Å². The molecule has 0 radical (unpaired) electrons. The third-order valence-corrected chi connectivity index (χ3v) is 3.63. The van der Waals surface area contributed by atoms with E-state index in [1.807, 2.05) is 24.3 Å². The molecule has 21 heavy (non-hydrogen) atoms. The largest absolute Gasteiger partial charge is 0.389 e. The first-order valence-corrected chi connectivity index (χ1v) is 7.59. The SMILES string of the molecule is CN=C(NCCCCC(F)(F)F)N(C)Cc1csc(C)n1. The Hall–Kier alpha value is -1.31. The summed E-state index contributed by atoms with van der Waals surface area (Å²) in [6.45, 7) is 3.04. The van der Waals surface area contributed by atoms with Gasteiger partial charge in [-0.1, -0.05) is 0 Å². The van der Waals surface area contributed by atoms with Gasteiger partial charge in [0, 0.05) is 32.4 Å². The lowest BCUT2D eigenvalue weighted by Gasteiger charge is -2.21. The number of aliphatic imine (C=N–C) groups is 1. The molecule has 0 bridgehead atoms. The third kappa shape index (κ3) is 7.31. The first-order chi connectivity index (χ1) is 9.81. The second kappa shape index (κ2) is 8.21. The Morgan fingerprint density at radius 2 is 2.14 bits per heavy atom. The summed E-state index contributed by atoms with van der Waals surface area (Å²) in [5, 5.41) is 6.06. The lowest BCUT2D eigenvalue weighted by Crippen LogP contribution is -2.39. The number of rotatable bonds is 6. The number of nitrogens with zero attached hydrogens (tertiary/aromatic N) is 3. The summed E-state index contributed by atoms with van der Waals surface area (Å²) in [6.07, 6.45) is -4.22. The van der Waals surface area contributed by atoms with E-state index in [1.165, 1.54) is 0 Å². The van der Waals surface area contributed by atoms with Crippen LogP contribution in [-0.2, 0) is 6.54 Å². The highest BCUT2D eigenvalue weighted by atomic mass is 32.1. The van der Waals surface area contributed by atoms with E-state index in [9.17, 15) is 13.2 Å². The minimum atomic E-state index is -4.07. The second-order valence-corrected chi connectivity index (χ2v) is 5.82. The van der Waals surface area contributed by atoms with Gasteiger partial charge in [-0.2, -0.15) is 13.2 Å². The van der Waals surface area contributed by atoms with E-state index in [1.54, 1.807) is 18.4 Å². The number of halogens is 3. The van der Waals surface area contributed by atoms with Crippen molar-refractivity contribution in [3.05, 3.63) is 16.1 Å². The molecule has 0 unspecified atom stereocenters. The number of aryl methyl sites for hydroxylation is 1. The minimum Gasteiger partial charge on any atom is -0.356 e. The minimum absolute atomic E-state index is 0.127. The van der Waals surface area contributed by atoms with E-state index in [2.05, 4.69) is 15.3 Å². The molecule has 0 saturated carbocycles. The van der Waals surface area contributed by atoms with E-state index >= 15 is 0 Å². The van der Waals surface area contributed by atoms with Gasteiger partial charge in [0.15, 0.2) is 5.96 Å². The number of thiazole rings is 1. The molecular formula is C13H21F3N4S. The number of unbranched alkanes of at least 4 members (excludes halogenated alkanes) is 1. The van der Waals surface area contributed by atoms with Crippen molar-refractivity contribution in [3.63, 3.8) is 0 Å². The number of aromatic nitrogens is 1. The third-order valence-electron chi connectivity index (χ3n) is 2.81. The molecule has 0 aromatic carbocycles. The molecule has 120 valence electrons. The fourth-order valence-electron chi connectivity index (χ4n) is 1.83. The average Bonchev–Trinajstić information content (AvgIpc) is 2.77. The summed E-state index contributed by atoms with van der Waals surface area (Å²) in [5.41, 5.74) is 0.958. The van der Waals surface area contributed by atoms with Crippen LogP contribution in [-0.4, -0.2) is 42.7 Å². The molecule has 0 saturated heterocycles. The maximum Gasteiger partial charge on any atom is 0.389 e. The van der Waals surface area contributed by atoms with E-state index in [4.69, 9.17) is 0 Å². The highest BCUT2D eigenvalue weighted by Gasteiger charge is 2.25. The Balaban J connectivity index is 2.31. The predicted molar refractivity (Wildman–Crippen MR) is 79.6 cm³/mol. The number of guanidine groups is 1. The van der Waals surface area contributed by atoms with Crippen molar-refractivity contribution in [1.82, 2.24) is 15.2 Å². The van der Waals surface area contributed by atoms with Crippen molar-refractivity contribution in [2.75, 3.05) is 20.6 Å². The van der Waals surface area contributed by atoms with E-state index in [0.717, 1.165) is 10.7 Å². The average molecular weight is 322 g/mol. The predicted octanol–water partition coefficient (Wildman–Crippen LogP) is 3.19. The van der Waals surface area contributed by atoms with Gasteiger partial charge in [0.1, 0.15) is 0 Å². The van der Waals surface area contributed by atoms with Gasteiger partial charge >= 0.3 is 6.18 Å². The smallest absolute Gasteiger partial charge is 0.356 e. The molecular weight excluding hydrogens is 301 g/mol. The summed E-state index contributed by atoms with van der Waals surface area (Å²) in [5.74, 6) is 0.660. The first kappa shape index (κ1) is 17.7. The summed E-state index contributed by atoms with van der Waals surface area (Å²) in [6, 6.07) is 0. The standard InChI is InChI=1S/C13H21F3N4S/c1-10-19-11(9-21-10)8-20(3)12(17-2)18-7-5-4-6-13(14,15)16/h9H,4-8H2,1-3H3,(H,17,18). The molecule has 1 N–H and O–H groups in total. The molecule has 1 rings (SSSR count). The number of nitrogens with one attached hydrogen (secondary N) is 1. The fraction of sp³-hybridized carbons (Fsp3) is 0.692. The van der Waals surface area contributed by atoms with Crippen molar-refractivity contribution in [1.29, 1.82) is 0 Å². The quantitative estimate of drug-likeness (QED) is 0.497. The monoisotopic (exact) mass is 322 g/mol. The van der Waals surface area contributed by atoms with Crippen molar-refractivity contribution in [2.45, 2.75) is 38.9 Å². The Labute approximate surface area is 127 Å². The second-order valence-electron chi connectivity index (χ2n) is 4.76. The molecule has 1 aromatic heterocycles. The summed E-state index contributed by atoms with van der Waals surface area (Å²) >= 11 is 1.59. The molecule has 0 aliphatic rings. The summed E-state index contributed by atoms with van der Waals surface area (Å²) < 4.78 is 36.1. The molecule has 0 aliphatic carbocycles. The number of hydrogen-bond acceptors (Lipinski definition) is 3. The normalized spacial score (nSPS) is 12.6. The Morgan fingerprint density at radius 1 is 1.43 bits per heavy atom. The lowest BCUT2D eigenvalue weighted by atomic mass is 10.2. The Morgan fingerprint density at radius 3 is 2.67 bits per heavy atom. The Kier molecular flexibility index (Phi) is 6.94. The maximum absolute atomic E-state index is 12.0. The fourth-order valence-corrected chi connectivity index (χ4v) is 2.44. The van der Waals surface area contributed by atoms with Gasteiger partial charge in [0.05, 0.1) is 17.2 Å². The molecule has 4 nitrogen and oxygen atoms in total. The molecule has 8 heteroatoms. The Bertz CT molecular complexity index is 457. The van der Waals surface area contributed by atoms with Crippen LogP contribution in [0.3, 0.4) is 0 Å². The van der Waals surface area contributed by atoms with Gasteiger partial charge in [-0.3, -0.25) is 4.99 Å². The van der Waals surface area contributed by atoms with Gasteiger partial charge in [-0.05, 0) is 19.8 Å². The number of alkyl halides is 3. The van der Waals surface area contributed by atoms with Crippen molar-refractivity contribution in [2.24, 2.45) is 4.99 Å². The van der Waals surface area contributed by atoms with Gasteiger partial charge in [-0.25, -0.2) is 4.98 Å². The zero-order valence-corrected chi connectivity index (χ0v) is 13.3. The molecule has 1 aromatic rings. The summed E-state index contributed by atoms with van der Waals surface area (Å²) in [7, 11) is 3.53. The molecule has 0 atom stereocenters. The van der Waals surface area contributed by atoms with Crippen LogP contribution in [0.15, 0.2) is 10.4 Å². The molecule has 0 aliphatic heterocycles. The number of hydrogen-bond donors (Lipinski definition) is 1. The van der Waals surface area contributed by atoms with Crippen molar-refractivity contribution < 1.29 is 13.2 Å². The van der Waals surface area contributed by atoms with Gasteiger partial charge in [0.25, 0.3) is 0 Å². The van der Waals surface area contributed by atoms with Crippen molar-refractivity contribution >= 4 is 17.3 Å².